The fourth-order valence-electron chi connectivity index (χ4n) is 1.70. The number of amides is 1. The molecule has 7 heteroatoms. The minimum absolute atomic E-state index is 0.242. The molecule has 2 aromatic rings. The van der Waals surface area contributed by atoms with Crippen molar-refractivity contribution in [1.29, 1.82) is 0 Å². The largest absolute Gasteiger partial charge is 0.342 e. The molecule has 1 heterocycles. The summed E-state index contributed by atoms with van der Waals surface area (Å²) in [4.78, 5) is 12.1. The zero-order valence-corrected chi connectivity index (χ0v) is 11.9. The number of carbonyl (C=O) groups is 1. The highest BCUT2D eigenvalue weighted by Gasteiger charge is 2.18. The van der Waals surface area contributed by atoms with E-state index in [1.807, 2.05) is 14.0 Å². The van der Waals surface area contributed by atoms with E-state index in [0.717, 1.165) is 0 Å². The third-order valence-corrected chi connectivity index (χ3v) is 3.50. The summed E-state index contributed by atoms with van der Waals surface area (Å²) in [6.07, 6.45) is 1.57. The van der Waals surface area contributed by atoms with Crippen LogP contribution in [0.2, 0.25) is 10.0 Å². The molecule has 0 radical (unpaired) electrons. The molecular weight excluding hydrogens is 287 g/mol. The molecule has 1 amide bonds. The molecule has 0 spiro atoms. The molecule has 0 fully saturated rings. The Balaban J connectivity index is 2.18. The molecule has 1 aromatic heterocycles. The topological polar surface area (TPSA) is 59.8 Å². The summed E-state index contributed by atoms with van der Waals surface area (Å²) in [6.45, 7) is 1.82. The van der Waals surface area contributed by atoms with Crippen LogP contribution in [0.1, 0.15) is 29.1 Å². The third kappa shape index (κ3) is 2.88. The van der Waals surface area contributed by atoms with Crippen molar-refractivity contribution in [2.24, 2.45) is 7.05 Å². The zero-order chi connectivity index (χ0) is 14.0. The Labute approximate surface area is 120 Å². The lowest BCUT2D eigenvalue weighted by molar-refractivity contribution is 0.0938. The van der Waals surface area contributed by atoms with Gasteiger partial charge in [-0.15, -0.1) is 10.2 Å². The summed E-state index contributed by atoms with van der Waals surface area (Å²) in [7, 11) is 1.81. The van der Waals surface area contributed by atoms with E-state index in [1.165, 1.54) is 0 Å². The lowest BCUT2D eigenvalue weighted by atomic mass is 10.2. The fraction of sp³-hybridized carbons (Fsp3) is 0.250. The van der Waals surface area contributed by atoms with E-state index in [9.17, 15) is 4.79 Å². The van der Waals surface area contributed by atoms with Gasteiger partial charge in [-0.2, -0.15) is 0 Å². The van der Waals surface area contributed by atoms with Gasteiger partial charge in [-0.25, -0.2) is 0 Å². The Hall–Kier alpha value is -1.59. The fourth-order valence-corrected chi connectivity index (χ4v) is 2.09. The van der Waals surface area contributed by atoms with Crippen LogP contribution >= 0.6 is 23.2 Å². The van der Waals surface area contributed by atoms with Crippen LogP contribution in [-0.4, -0.2) is 20.7 Å². The van der Waals surface area contributed by atoms with E-state index in [4.69, 9.17) is 23.2 Å². The SMILES string of the molecule is CC(NC(=O)c1cccc(Cl)c1Cl)c1nncn1C. The Morgan fingerprint density at radius 2 is 2.16 bits per heavy atom. The first-order valence-electron chi connectivity index (χ1n) is 5.59. The molecule has 0 aliphatic rings. The number of nitrogens with zero attached hydrogens (tertiary/aromatic N) is 3. The molecule has 0 aliphatic carbocycles. The zero-order valence-electron chi connectivity index (χ0n) is 10.4. The molecule has 0 aliphatic heterocycles. The monoisotopic (exact) mass is 298 g/mol. The molecule has 0 bridgehead atoms. The number of benzene rings is 1. The molecular formula is C12H12Cl2N4O. The first-order chi connectivity index (χ1) is 9.00. The standard InChI is InChI=1S/C12H12Cl2N4O/c1-7(11-17-15-6-18(11)2)16-12(19)8-4-3-5-9(13)10(8)14/h3-7H,1-2H3,(H,16,19). The Kier molecular flexibility index (Phi) is 4.07. The van der Waals surface area contributed by atoms with Gasteiger partial charge in [-0.1, -0.05) is 29.3 Å². The molecule has 100 valence electrons. The minimum atomic E-state index is -0.303. The van der Waals surface area contributed by atoms with E-state index >= 15 is 0 Å². The number of carbonyl (C=O) groups excluding carboxylic acids is 1. The third-order valence-electron chi connectivity index (χ3n) is 2.68. The lowest BCUT2D eigenvalue weighted by Gasteiger charge is -2.13. The van der Waals surface area contributed by atoms with Crippen molar-refractivity contribution in [1.82, 2.24) is 20.1 Å². The van der Waals surface area contributed by atoms with Crippen LogP contribution in [0, 0.1) is 0 Å². The summed E-state index contributed by atoms with van der Waals surface area (Å²) in [5, 5.41) is 11.1. The van der Waals surface area contributed by atoms with E-state index in [-0.39, 0.29) is 17.0 Å². The van der Waals surface area contributed by atoms with Gasteiger partial charge in [-0.05, 0) is 19.1 Å². The molecule has 0 saturated carbocycles. The summed E-state index contributed by atoms with van der Waals surface area (Å²) < 4.78 is 1.74. The molecule has 0 saturated heterocycles. The summed E-state index contributed by atoms with van der Waals surface area (Å²) >= 11 is 11.9. The van der Waals surface area contributed by atoms with Gasteiger partial charge < -0.3 is 9.88 Å². The molecule has 5 nitrogen and oxygen atoms in total. The van der Waals surface area contributed by atoms with Gasteiger partial charge >= 0.3 is 0 Å². The van der Waals surface area contributed by atoms with Crippen LogP contribution in [0.4, 0.5) is 0 Å². The van der Waals surface area contributed by atoms with Crippen molar-refractivity contribution in [3.63, 3.8) is 0 Å². The number of aromatic nitrogens is 3. The van der Waals surface area contributed by atoms with Crippen molar-refractivity contribution in [2.75, 3.05) is 0 Å². The highest BCUT2D eigenvalue weighted by atomic mass is 35.5. The second kappa shape index (κ2) is 5.59. The molecule has 2 rings (SSSR count). The first-order valence-corrected chi connectivity index (χ1v) is 6.35. The van der Waals surface area contributed by atoms with E-state index in [1.54, 1.807) is 29.1 Å². The maximum atomic E-state index is 12.1. The second-order valence-electron chi connectivity index (χ2n) is 4.10. The van der Waals surface area contributed by atoms with Gasteiger partial charge in [0.15, 0.2) is 5.82 Å². The number of nitrogens with one attached hydrogen (secondary N) is 1. The number of aryl methyl sites for hydroxylation is 1. The van der Waals surface area contributed by atoms with Gasteiger partial charge in [0.1, 0.15) is 6.33 Å². The molecule has 19 heavy (non-hydrogen) atoms. The Morgan fingerprint density at radius 1 is 1.42 bits per heavy atom. The highest BCUT2D eigenvalue weighted by molar-refractivity contribution is 6.43. The number of halogens is 2. The van der Waals surface area contributed by atoms with Gasteiger partial charge in [0.2, 0.25) is 0 Å². The number of hydrogen-bond donors (Lipinski definition) is 1. The Bertz CT molecular complexity index is 612. The van der Waals surface area contributed by atoms with Crippen LogP contribution in [-0.2, 0) is 7.05 Å². The van der Waals surface area contributed by atoms with Crippen LogP contribution in [0.3, 0.4) is 0 Å². The summed E-state index contributed by atoms with van der Waals surface area (Å²) in [5.41, 5.74) is 0.336. The van der Waals surface area contributed by atoms with Crippen LogP contribution in [0.15, 0.2) is 24.5 Å². The predicted octanol–water partition coefficient (Wildman–Crippen LogP) is 2.61. The smallest absolute Gasteiger partial charge is 0.253 e. The van der Waals surface area contributed by atoms with Gasteiger partial charge in [0.05, 0.1) is 21.7 Å². The molecule has 1 N–H and O–H groups in total. The number of hydrogen-bond acceptors (Lipinski definition) is 3. The van der Waals surface area contributed by atoms with Gasteiger partial charge in [0, 0.05) is 7.05 Å². The van der Waals surface area contributed by atoms with Crippen LogP contribution in [0.25, 0.3) is 0 Å². The molecule has 1 aromatic carbocycles. The van der Waals surface area contributed by atoms with Gasteiger partial charge in [0.25, 0.3) is 5.91 Å². The quantitative estimate of drug-likeness (QED) is 0.947. The maximum Gasteiger partial charge on any atom is 0.253 e. The van der Waals surface area contributed by atoms with Crippen molar-refractivity contribution in [2.45, 2.75) is 13.0 Å². The average Bonchev–Trinajstić information content (AvgIpc) is 2.79. The van der Waals surface area contributed by atoms with Crippen molar-refractivity contribution in [3.8, 4) is 0 Å². The minimum Gasteiger partial charge on any atom is -0.342 e. The van der Waals surface area contributed by atoms with Crippen LogP contribution in [0.5, 0.6) is 0 Å². The number of rotatable bonds is 3. The van der Waals surface area contributed by atoms with Crippen molar-refractivity contribution in [3.05, 3.63) is 46.0 Å². The van der Waals surface area contributed by atoms with Crippen LogP contribution < -0.4 is 5.32 Å². The normalized spacial score (nSPS) is 12.2. The molecule has 1 atom stereocenters. The van der Waals surface area contributed by atoms with Crippen molar-refractivity contribution >= 4 is 29.1 Å². The van der Waals surface area contributed by atoms with E-state index in [0.29, 0.717) is 16.4 Å². The highest BCUT2D eigenvalue weighted by Crippen LogP contribution is 2.25. The average molecular weight is 299 g/mol. The van der Waals surface area contributed by atoms with E-state index in [2.05, 4.69) is 15.5 Å². The second-order valence-corrected chi connectivity index (χ2v) is 4.88. The van der Waals surface area contributed by atoms with E-state index < -0.39 is 0 Å². The predicted molar refractivity (Wildman–Crippen MR) is 73.3 cm³/mol. The lowest BCUT2D eigenvalue weighted by Crippen LogP contribution is -2.28. The van der Waals surface area contributed by atoms with Crippen molar-refractivity contribution < 1.29 is 4.79 Å². The summed E-state index contributed by atoms with van der Waals surface area (Å²) in [6, 6.07) is 4.64. The first kappa shape index (κ1) is 13.8. The maximum absolute atomic E-state index is 12.1. The molecule has 1 unspecified atom stereocenters. The summed E-state index contributed by atoms with van der Waals surface area (Å²) in [5.74, 6) is 0.356. The van der Waals surface area contributed by atoms with Gasteiger partial charge in [-0.3, -0.25) is 4.79 Å². The Morgan fingerprint density at radius 3 is 2.79 bits per heavy atom.